The Morgan fingerprint density at radius 1 is 0.914 bits per heavy atom. The molecular formula is C41H64N8O8S. The quantitative estimate of drug-likeness (QED) is 0.0654. The minimum Gasteiger partial charge on any atom is -0.487 e. The summed E-state index contributed by atoms with van der Waals surface area (Å²) in [6.07, 6.45) is 1.21. The minimum absolute atomic E-state index is 0.0680. The van der Waals surface area contributed by atoms with Crippen LogP contribution in [-0.4, -0.2) is 93.6 Å². The number of benzene rings is 2. The van der Waals surface area contributed by atoms with E-state index in [1.54, 1.807) is 48.5 Å². The Bertz CT molecular complexity index is 1940. The van der Waals surface area contributed by atoms with E-state index in [0.717, 1.165) is 16.7 Å². The standard InChI is InChI=1S/C41H64N8O8S/c1-23(2)32(38(53)47-31(22-56-40(6,7)8)37(52)46-30(36(51)44-11)20-27-16-13-12-14-17-27)48-35(50)29(42)18-15-19-45-39(43)49-58(54,55)34-25(4)24(3)33-28(26(34)5)21-41(9,10)57-33/h12-14,16-17,23,29-32H,15,18-22,42H2,1-11H3,(H,44,51)(H,46,52)(H,47,53)(H,48,50)(H3,43,45,49). The molecule has 4 amide bonds. The number of nitrogens with one attached hydrogen (secondary N) is 5. The lowest BCUT2D eigenvalue weighted by molar-refractivity contribution is -0.136. The van der Waals surface area contributed by atoms with Crippen LogP contribution in [0.25, 0.3) is 0 Å². The van der Waals surface area contributed by atoms with Gasteiger partial charge in [-0.2, -0.15) is 0 Å². The minimum atomic E-state index is -4.09. The van der Waals surface area contributed by atoms with Crippen LogP contribution in [0.5, 0.6) is 5.75 Å². The molecule has 322 valence electrons. The molecule has 1 aliphatic rings. The van der Waals surface area contributed by atoms with Gasteiger partial charge in [-0.25, -0.2) is 13.1 Å². The fraction of sp³-hybridized carbons (Fsp3) is 0.585. The van der Waals surface area contributed by atoms with Crippen LogP contribution in [0, 0.1) is 26.7 Å². The molecule has 0 spiro atoms. The Balaban J connectivity index is 1.63. The predicted molar refractivity (Wildman–Crippen MR) is 224 cm³/mol. The number of guanidine groups is 1. The molecular weight excluding hydrogens is 765 g/mol. The number of hydrogen-bond acceptors (Lipinski definition) is 10. The predicted octanol–water partition coefficient (Wildman–Crippen LogP) is 1.94. The van der Waals surface area contributed by atoms with E-state index < -0.39 is 74.9 Å². The highest BCUT2D eigenvalue weighted by Crippen LogP contribution is 2.43. The lowest BCUT2D eigenvalue weighted by Crippen LogP contribution is -2.60. The Morgan fingerprint density at radius 3 is 2.12 bits per heavy atom. The lowest BCUT2D eigenvalue weighted by atomic mass is 9.94. The second kappa shape index (κ2) is 19.8. The van der Waals surface area contributed by atoms with E-state index in [1.165, 1.54) is 7.05 Å². The molecule has 4 unspecified atom stereocenters. The molecule has 2 aromatic carbocycles. The first-order valence-corrected chi connectivity index (χ1v) is 21.1. The highest BCUT2D eigenvalue weighted by molar-refractivity contribution is 7.90. The van der Waals surface area contributed by atoms with E-state index in [0.29, 0.717) is 23.3 Å². The molecule has 0 fully saturated rings. The summed E-state index contributed by atoms with van der Waals surface area (Å²) in [5.74, 6) is -2.29. The summed E-state index contributed by atoms with van der Waals surface area (Å²) < 4.78 is 41.4. The summed E-state index contributed by atoms with van der Waals surface area (Å²) >= 11 is 0. The number of nitrogens with zero attached hydrogens (tertiary/aromatic N) is 1. The summed E-state index contributed by atoms with van der Waals surface area (Å²) in [6.45, 7) is 18.0. The van der Waals surface area contributed by atoms with E-state index in [2.05, 4.69) is 31.0 Å². The number of sulfonamides is 1. The Hall–Kier alpha value is -4.74. The summed E-state index contributed by atoms with van der Waals surface area (Å²) in [5.41, 5.74) is 14.7. The van der Waals surface area contributed by atoms with Crippen molar-refractivity contribution in [3.63, 3.8) is 0 Å². The lowest BCUT2D eigenvalue weighted by Gasteiger charge is -2.29. The van der Waals surface area contributed by atoms with Crippen LogP contribution in [0.15, 0.2) is 40.2 Å². The second-order valence-electron chi connectivity index (χ2n) is 16.8. The number of nitrogens with two attached hydrogens (primary N) is 2. The van der Waals surface area contributed by atoms with Gasteiger partial charge >= 0.3 is 0 Å². The number of amides is 4. The van der Waals surface area contributed by atoms with Gasteiger partial charge in [0.1, 0.15) is 29.5 Å². The van der Waals surface area contributed by atoms with Gasteiger partial charge in [0.2, 0.25) is 29.6 Å². The van der Waals surface area contributed by atoms with Crippen molar-refractivity contribution in [2.45, 2.75) is 135 Å². The number of likely N-dealkylation sites (N-methyl/N-ethyl adjacent to an activating group) is 1. The summed E-state index contributed by atoms with van der Waals surface area (Å²) in [4.78, 5) is 57.6. The maximum atomic E-state index is 13.7. The maximum absolute atomic E-state index is 13.7. The van der Waals surface area contributed by atoms with Gasteiger partial charge in [-0.1, -0.05) is 44.2 Å². The first-order valence-electron chi connectivity index (χ1n) is 19.6. The largest absolute Gasteiger partial charge is 0.487 e. The highest BCUT2D eigenvalue weighted by Gasteiger charge is 2.37. The molecule has 9 N–H and O–H groups in total. The number of fused-ring (bicyclic) bond motifs is 1. The van der Waals surface area contributed by atoms with Gasteiger partial charge in [-0.3, -0.25) is 24.2 Å². The monoisotopic (exact) mass is 828 g/mol. The first-order chi connectivity index (χ1) is 26.9. The zero-order valence-corrected chi connectivity index (χ0v) is 36.6. The fourth-order valence-electron chi connectivity index (χ4n) is 6.59. The van der Waals surface area contributed by atoms with Gasteiger partial charge in [0, 0.05) is 32.0 Å². The van der Waals surface area contributed by atoms with Crippen LogP contribution in [-0.2, 0) is 46.8 Å². The van der Waals surface area contributed by atoms with Gasteiger partial charge in [0.25, 0.3) is 10.0 Å². The summed E-state index contributed by atoms with van der Waals surface area (Å²) in [7, 11) is -2.62. The highest BCUT2D eigenvalue weighted by atomic mass is 32.2. The van der Waals surface area contributed by atoms with Crippen molar-refractivity contribution in [2.75, 3.05) is 20.2 Å². The van der Waals surface area contributed by atoms with Crippen molar-refractivity contribution in [3.05, 3.63) is 58.1 Å². The first kappa shape index (κ1) is 47.6. The zero-order valence-electron chi connectivity index (χ0n) is 35.8. The van der Waals surface area contributed by atoms with Crippen LogP contribution < -0.4 is 42.2 Å². The molecule has 0 aromatic heterocycles. The number of aliphatic imine (C=N–C) groups is 1. The number of carbonyl (C=O) groups excluding carboxylic acids is 4. The van der Waals surface area contributed by atoms with Gasteiger partial charge < -0.3 is 42.2 Å². The molecule has 1 aliphatic heterocycles. The maximum Gasteiger partial charge on any atom is 0.264 e. The van der Waals surface area contributed by atoms with E-state index in [1.807, 2.05) is 51.1 Å². The number of carbonyl (C=O) groups is 4. The average molecular weight is 829 g/mol. The number of hydrogen-bond donors (Lipinski definition) is 7. The molecule has 17 heteroatoms. The van der Waals surface area contributed by atoms with Crippen LogP contribution in [0.3, 0.4) is 0 Å². The molecule has 3 rings (SSSR count). The van der Waals surface area contributed by atoms with Crippen molar-refractivity contribution in [3.8, 4) is 5.75 Å². The third-order valence-electron chi connectivity index (χ3n) is 9.82. The third-order valence-corrected chi connectivity index (χ3v) is 11.4. The second-order valence-corrected chi connectivity index (χ2v) is 18.4. The number of rotatable bonds is 18. The average Bonchev–Trinajstić information content (AvgIpc) is 3.47. The Kier molecular flexibility index (Phi) is 16.3. The molecule has 0 aliphatic carbocycles. The van der Waals surface area contributed by atoms with E-state index in [9.17, 15) is 27.6 Å². The zero-order chi connectivity index (χ0) is 43.7. The van der Waals surface area contributed by atoms with Gasteiger partial charge in [-0.15, -0.1) is 0 Å². The molecule has 58 heavy (non-hydrogen) atoms. The Morgan fingerprint density at radius 2 is 1.53 bits per heavy atom. The fourth-order valence-corrected chi connectivity index (χ4v) is 8.11. The summed E-state index contributed by atoms with van der Waals surface area (Å²) in [6, 6.07) is 4.94. The number of ether oxygens (including phenoxy) is 2. The molecule has 0 saturated heterocycles. The molecule has 2 aromatic rings. The normalized spacial score (nSPS) is 16.0. The van der Waals surface area contributed by atoms with E-state index >= 15 is 0 Å². The van der Waals surface area contributed by atoms with Crippen LogP contribution >= 0.6 is 0 Å². The SMILES string of the molecule is CNC(=O)C(Cc1ccccc1)NC(=O)C(COC(C)(C)C)NC(=O)C(NC(=O)C(N)CCCN=C(N)NS(=O)(=O)c1c(C)c(C)c2c(c1C)CC(C)(C)O2)C(C)C. The van der Waals surface area contributed by atoms with Crippen molar-refractivity contribution < 1.29 is 37.1 Å². The van der Waals surface area contributed by atoms with Crippen molar-refractivity contribution >= 4 is 39.6 Å². The van der Waals surface area contributed by atoms with Crippen molar-refractivity contribution in [1.82, 2.24) is 26.0 Å². The van der Waals surface area contributed by atoms with Gasteiger partial charge in [0.05, 0.1) is 23.1 Å². The molecule has 16 nitrogen and oxygen atoms in total. The molecule has 1 heterocycles. The molecule has 0 saturated carbocycles. The van der Waals surface area contributed by atoms with Gasteiger partial charge in [-0.05, 0) is 96.4 Å². The molecule has 0 bridgehead atoms. The van der Waals surface area contributed by atoms with Crippen LogP contribution in [0.4, 0.5) is 0 Å². The molecule has 4 atom stereocenters. The Labute approximate surface area is 343 Å². The van der Waals surface area contributed by atoms with Gasteiger partial charge in [0.15, 0.2) is 0 Å². The molecule has 0 radical (unpaired) electrons. The van der Waals surface area contributed by atoms with Crippen molar-refractivity contribution in [2.24, 2.45) is 22.4 Å². The smallest absolute Gasteiger partial charge is 0.264 e. The van der Waals surface area contributed by atoms with Crippen LogP contribution in [0.1, 0.15) is 89.1 Å². The third kappa shape index (κ3) is 13.1. The topological polar surface area (TPSA) is 245 Å². The van der Waals surface area contributed by atoms with Crippen LogP contribution in [0.2, 0.25) is 0 Å². The summed E-state index contributed by atoms with van der Waals surface area (Å²) in [5, 5.41) is 10.7. The van der Waals surface area contributed by atoms with E-state index in [4.69, 9.17) is 20.9 Å². The van der Waals surface area contributed by atoms with E-state index in [-0.39, 0.29) is 43.3 Å². The van der Waals surface area contributed by atoms with Crippen molar-refractivity contribution in [1.29, 1.82) is 0 Å².